The van der Waals surface area contributed by atoms with Crippen LogP contribution in [0.1, 0.15) is 21.6 Å². The lowest BCUT2D eigenvalue weighted by atomic mass is 10.1. The third kappa shape index (κ3) is 2.79. The maximum atomic E-state index is 13.0. The molecule has 122 valence electrons. The van der Waals surface area contributed by atoms with Gasteiger partial charge in [0.2, 0.25) is 0 Å². The zero-order valence-electron chi connectivity index (χ0n) is 12.7. The van der Waals surface area contributed by atoms with Crippen molar-refractivity contribution in [1.82, 2.24) is 4.57 Å². The SMILES string of the molecule is Cc1c(CC(=O)O)c2ccccc2n1C(=O)c1ccc(Cl)cc1Cl. The number of benzene rings is 2. The van der Waals surface area contributed by atoms with Gasteiger partial charge in [-0.1, -0.05) is 41.4 Å². The number of aliphatic carboxylic acids is 1. The summed E-state index contributed by atoms with van der Waals surface area (Å²) in [6.45, 7) is 1.74. The molecule has 0 bridgehead atoms. The van der Waals surface area contributed by atoms with E-state index in [-0.39, 0.29) is 17.4 Å². The third-order valence-electron chi connectivity index (χ3n) is 3.93. The van der Waals surface area contributed by atoms with Gasteiger partial charge in [-0.2, -0.15) is 0 Å². The second kappa shape index (κ2) is 6.30. The molecule has 1 N–H and O–H groups in total. The van der Waals surface area contributed by atoms with Crippen molar-refractivity contribution in [3.05, 3.63) is 69.3 Å². The van der Waals surface area contributed by atoms with Gasteiger partial charge in [-0.3, -0.25) is 14.2 Å². The molecule has 2 aromatic carbocycles. The van der Waals surface area contributed by atoms with Gasteiger partial charge >= 0.3 is 5.97 Å². The van der Waals surface area contributed by atoms with Gasteiger partial charge in [0, 0.05) is 16.1 Å². The highest BCUT2D eigenvalue weighted by atomic mass is 35.5. The molecule has 0 aliphatic carbocycles. The summed E-state index contributed by atoms with van der Waals surface area (Å²) in [4.78, 5) is 24.2. The monoisotopic (exact) mass is 361 g/mol. The Balaban J connectivity index is 2.24. The van der Waals surface area contributed by atoms with Crippen LogP contribution in [0.5, 0.6) is 0 Å². The number of carbonyl (C=O) groups is 2. The van der Waals surface area contributed by atoms with Gasteiger partial charge in [-0.15, -0.1) is 0 Å². The van der Waals surface area contributed by atoms with Crippen LogP contribution in [-0.2, 0) is 11.2 Å². The molecule has 0 atom stereocenters. The molecule has 1 aromatic heterocycles. The Bertz CT molecular complexity index is 976. The van der Waals surface area contributed by atoms with Gasteiger partial charge in [0.15, 0.2) is 0 Å². The standard InChI is InChI=1S/C18H13Cl2NO3/c1-10-14(9-17(22)23)12-4-2-3-5-16(12)21(10)18(24)13-7-6-11(19)8-15(13)20/h2-8H,9H2,1H3,(H,22,23). The fourth-order valence-corrected chi connectivity index (χ4v) is 3.34. The smallest absolute Gasteiger partial charge is 0.307 e. The lowest BCUT2D eigenvalue weighted by Gasteiger charge is -2.09. The summed E-state index contributed by atoms with van der Waals surface area (Å²) in [5.74, 6) is -1.26. The molecular weight excluding hydrogens is 349 g/mol. The van der Waals surface area contributed by atoms with E-state index >= 15 is 0 Å². The number of aromatic nitrogens is 1. The van der Waals surface area contributed by atoms with Crippen LogP contribution in [-0.4, -0.2) is 21.6 Å². The molecule has 4 nitrogen and oxygen atoms in total. The van der Waals surface area contributed by atoms with Crippen molar-refractivity contribution in [3.8, 4) is 0 Å². The predicted octanol–water partition coefficient (Wildman–Crippen LogP) is 4.57. The summed E-state index contributed by atoms with van der Waals surface area (Å²) in [5, 5.41) is 10.6. The Morgan fingerprint density at radius 2 is 1.83 bits per heavy atom. The maximum absolute atomic E-state index is 13.0. The van der Waals surface area contributed by atoms with Crippen molar-refractivity contribution >= 4 is 46.0 Å². The van der Waals surface area contributed by atoms with Crippen LogP contribution in [0.4, 0.5) is 0 Å². The number of hydrogen-bond donors (Lipinski definition) is 1. The van der Waals surface area contributed by atoms with Gasteiger partial charge in [0.1, 0.15) is 0 Å². The summed E-state index contributed by atoms with van der Waals surface area (Å²) in [6.07, 6.45) is -0.152. The average Bonchev–Trinajstić information content (AvgIpc) is 2.79. The van der Waals surface area contributed by atoms with E-state index in [1.807, 2.05) is 12.1 Å². The number of carboxylic acid groups (broad SMARTS) is 1. The molecule has 0 aliphatic rings. The second-order valence-corrected chi connectivity index (χ2v) is 6.26. The Kier molecular flexibility index (Phi) is 4.35. The zero-order valence-corrected chi connectivity index (χ0v) is 14.2. The molecule has 0 aliphatic heterocycles. The molecule has 0 unspecified atom stereocenters. The number of carboxylic acids is 1. The molecule has 6 heteroatoms. The van der Waals surface area contributed by atoms with E-state index < -0.39 is 5.97 Å². The minimum atomic E-state index is -0.946. The lowest BCUT2D eigenvalue weighted by Crippen LogP contribution is -2.14. The number of hydrogen-bond acceptors (Lipinski definition) is 2. The van der Waals surface area contributed by atoms with Crippen molar-refractivity contribution in [2.24, 2.45) is 0 Å². The van der Waals surface area contributed by atoms with Crippen molar-refractivity contribution in [3.63, 3.8) is 0 Å². The van der Waals surface area contributed by atoms with E-state index in [9.17, 15) is 9.59 Å². The summed E-state index contributed by atoms with van der Waals surface area (Å²) in [7, 11) is 0. The van der Waals surface area contributed by atoms with Crippen LogP contribution in [0.15, 0.2) is 42.5 Å². The topological polar surface area (TPSA) is 59.3 Å². The molecule has 0 amide bonds. The molecule has 0 saturated carbocycles. The van der Waals surface area contributed by atoms with Crippen molar-refractivity contribution in [2.75, 3.05) is 0 Å². The van der Waals surface area contributed by atoms with E-state index in [0.717, 1.165) is 5.39 Å². The quantitative estimate of drug-likeness (QED) is 0.742. The van der Waals surface area contributed by atoms with Crippen molar-refractivity contribution in [1.29, 1.82) is 0 Å². The first-order chi connectivity index (χ1) is 11.4. The molecule has 0 fully saturated rings. The van der Waals surface area contributed by atoms with E-state index in [0.29, 0.717) is 27.4 Å². The molecular formula is C18H13Cl2NO3. The Morgan fingerprint density at radius 3 is 2.50 bits per heavy atom. The number of nitrogens with zero attached hydrogens (tertiary/aromatic N) is 1. The van der Waals surface area contributed by atoms with Crippen LogP contribution in [0, 0.1) is 6.92 Å². The van der Waals surface area contributed by atoms with E-state index in [1.54, 1.807) is 31.2 Å². The Hall–Kier alpha value is -2.30. The average molecular weight is 362 g/mol. The highest BCUT2D eigenvalue weighted by Crippen LogP contribution is 2.29. The van der Waals surface area contributed by atoms with Gasteiger partial charge in [0.05, 0.1) is 22.5 Å². The second-order valence-electron chi connectivity index (χ2n) is 5.42. The lowest BCUT2D eigenvalue weighted by molar-refractivity contribution is -0.136. The van der Waals surface area contributed by atoms with E-state index in [2.05, 4.69) is 0 Å². The highest BCUT2D eigenvalue weighted by Gasteiger charge is 2.22. The molecule has 24 heavy (non-hydrogen) atoms. The summed E-state index contributed by atoms with van der Waals surface area (Å²) in [5.41, 5.74) is 2.18. The van der Waals surface area contributed by atoms with Crippen LogP contribution >= 0.6 is 23.2 Å². The largest absolute Gasteiger partial charge is 0.481 e. The predicted molar refractivity (Wildman–Crippen MR) is 94.2 cm³/mol. The number of carbonyl (C=O) groups excluding carboxylic acids is 1. The summed E-state index contributed by atoms with van der Waals surface area (Å²) < 4.78 is 1.50. The first-order valence-corrected chi connectivity index (χ1v) is 7.96. The zero-order chi connectivity index (χ0) is 17.4. The molecule has 0 saturated heterocycles. The molecule has 1 heterocycles. The van der Waals surface area contributed by atoms with Crippen LogP contribution < -0.4 is 0 Å². The van der Waals surface area contributed by atoms with Gasteiger partial charge in [-0.05, 0) is 36.8 Å². The fraction of sp³-hybridized carbons (Fsp3) is 0.111. The number of halogens is 2. The summed E-state index contributed by atoms with van der Waals surface area (Å²) >= 11 is 12.0. The normalized spacial score (nSPS) is 11.0. The fourth-order valence-electron chi connectivity index (χ4n) is 2.85. The summed E-state index contributed by atoms with van der Waals surface area (Å²) in [6, 6.07) is 11.9. The van der Waals surface area contributed by atoms with Gasteiger partial charge < -0.3 is 5.11 Å². The minimum Gasteiger partial charge on any atom is -0.481 e. The molecule has 3 aromatic rings. The van der Waals surface area contributed by atoms with Crippen LogP contribution in [0.2, 0.25) is 10.0 Å². The molecule has 3 rings (SSSR count). The van der Waals surface area contributed by atoms with Gasteiger partial charge in [0.25, 0.3) is 5.91 Å². The van der Waals surface area contributed by atoms with Gasteiger partial charge in [-0.25, -0.2) is 0 Å². The Morgan fingerprint density at radius 1 is 1.12 bits per heavy atom. The Labute approximate surface area is 148 Å². The van der Waals surface area contributed by atoms with Crippen LogP contribution in [0.3, 0.4) is 0 Å². The highest BCUT2D eigenvalue weighted by molar-refractivity contribution is 6.37. The number of para-hydroxylation sites is 1. The molecule has 0 spiro atoms. The first kappa shape index (κ1) is 16.6. The van der Waals surface area contributed by atoms with E-state index in [1.165, 1.54) is 10.6 Å². The number of fused-ring (bicyclic) bond motifs is 1. The third-order valence-corrected chi connectivity index (χ3v) is 4.48. The van der Waals surface area contributed by atoms with Crippen molar-refractivity contribution in [2.45, 2.75) is 13.3 Å². The first-order valence-electron chi connectivity index (χ1n) is 7.20. The molecule has 0 radical (unpaired) electrons. The maximum Gasteiger partial charge on any atom is 0.307 e. The van der Waals surface area contributed by atoms with Crippen molar-refractivity contribution < 1.29 is 14.7 Å². The van der Waals surface area contributed by atoms with E-state index in [4.69, 9.17) is 28.3 Å². The minimum absolute atomic E-state index is 0.152. The number of rotatable bonds is 3. The van der Waals surface area contributed by atoms with Crippen LogP contribution in [0.25, 0.3) is 10.9 Å².